The Bertz CT molecular complexity index is 73.0. The van der Waals surface area contributed by atoms with Crippen molar-refractivity contribution in [3.63, 3.8) is 0 Å². The predicted octanol–water partition coefficient (Wildman–Crippen LogP) is 4.34. The van der Waals surface area contributed by atoms with Gasteiger partial charge in [0.1, 0.15) is 0 Å². The maximum Gasteiger partial charge on any atom is 0.0431 e. The van der Waals surface area contributed by atoms with Crippen molar-refractivity contribution in [3.8, 4) is 0 Å². The van der Waals surface area contributed by atoms with Crippen LogP contribution < -0.4 is 0 Å². The van der Waals surface area contributed by atoms with Gasteiger partial charge in [-0.25, -0.2) is 0 Å². The Balaban J connectivity index is -0.0000000561. The van der Waals surface area contributed by atoms with Crippen LogP contribution in [0, 0.1) is 6.92 Å². The van der Waals surface area contributed by atoms with Crippen LogP contribution in [0.25, 0.3) is 0 Å². The summed E-state index contributed by atoms with van der Waals surface area (Å²) >= 11 is 0. The van der Waals surface area contributed by atoms with E-state index >= 15 is 0 Å². The van der Waals surface area contributed by atoms with E-state index in [1.165, 1.54) is 19.3 Å². The SMILES string of the molecule is CCCCCO.CCCCCO.CCCCCO.[CH2-]C.[Ti]. The van der Waals surface area contributed by atoms with Crippen molar-refractivity contribution in [3.05, 3.63) is 6.92 Å². The van der Waals surface area contributed by atoms with Gasteiger partial charge < -0.3 is 22.2 Å². The number of rotatable bonds is 9. The van der Waals surface area contributed by atoms with Crippen molar-refractivity contribution < 1.29 is 37.0 Å². The molecule has 0 aromatic carbocycles. The van der Waals surface area contributed by atoms with Crippen molar-refractivity contribution >= 4 is 0 Å². The van der Waals surface area contributed by atoms with Gasteiger partial charge in [-0.05, 0) is 19.3 Å². The minimum Gasteiger partial charge on any atom is -0.396 e. The molecule has 3 N–H and O–H groups in total. The van der Waals surface area contributed by atoms with Gasteiger partial charge in [0, 0.05) is 41.5 Å². The van der Waals surface area contributed by atoms with Gasteiger partial charge in [-0.3, -0.25) is 0 Å². The van der Waals surface area contributed by atoms with E-state index < -0.39 is 0 Å². The summed E-state index contributed by atoms with van der Waals surface area (Å²) in [6, 6.07) is 0. The van der Waals surface area contributed by atoms with Crippen molar-refractivity contribution in [1.82, 2.24) is 0 Å². The second kappa shape index (κ2) is 49.8. The van der Waals surface area contributed by atoms with E-state index in [9.17, 15) is 0 Å². The summed E-state index contributed by atoms with van der Waals surface area (Å²) in [5.74, 6) is 0. The van der Waals surface area contributed by atoms with Crippen LogP contribution >= 0.6 is 0 Å². The first-order chi connectivity index (χ1) is 9.74. The molecule has 0 spiro atoms. The molecule has 0 bridgehead atoms. The third-order valence-electron chi connectivity index (χ3n) is 2.29. The van der Waals surface area contributed by atoms with Crippen molar-refractivity contribution in [2.24, 2.45) is 0 Å². The van der Waals surface area contributed by atoms with Gasteiger partial charge in [0.05, 0.1) is 0 Å². The first kappa shape index (κ1) is 33.3. The number of hydrogen-bond acceptors (Lipinski definition) is 3. The number of hydrogen-bond donors (Lipinski definition) is 3. The molecule has 0 amide bonds. The molecule has 0 aliphatic rings. The van der Waals surface area contributed by atoms with E-state index in [0.29, 0.717) is 19.8 Å². The molecule has 0 atom stereocenters. The molecule has 0 aliphatic carbocycles. The van der Waals surface area contributed by atoms with Crippen LogP contribution in [0.1, 0.15) is 85.5 Å². The van der Waals surface area contributed by atoms with Crippen LogP contribution in [-0.2, 0) is 21.7 Å². The fourth-order valence-corrected chi connectivity index (χ4v) is 1.09. The zero-order valence-corrected chi connectivity index (χ0v) is 16.6. The summed E-state index contributed by atoms with van der Waals surface area (Å²) in [6.45, 7) is 12.4. The standard InChI is InChI=1S/3C5H12O.C2H5.Ti/c3*1-2-3-4-5-6;1-2;/h3*6H,2-5H2,1H3;1H2,2H3;/q;;;-1;. The summed E-state index contributed by atoms with van der Waals surface area (Å²) in [6.07, 6.45) is 9.98. The van der Waals surface area contributed by atoms with Crippen LogP contribution in [0.2, 0.25) is 0 Å². The molecule has 0 aliphatic heterocycles. The molecule has 21 heavy (non-hydrogen) atoms. The largest absolute Gasteiger partial charge is 0.396 e. The maximum atomic E-state index is 8.20. The predicted molar refractivity (Wildman–Crippen MR) is 90.9 cm³/mol. The fourth-order valence-electron chi connectivity index (χ4n) is 1.09. The van der Waals surface area contributed by atoms with Gasteiger partial charge in [-0.1, -0.05) is 59.3 Å². The molecule has 3 nitrogen and oxygen atoms in total. The van der Waals surface area contributed by atoms with Crippen LogP contribution in [0.15, 0.2) is 0 Å². The molecule has 4 heteroatoms. The molecule has 0 heterocycles. The molecule has 0 fully saturated rings. The first-order valence-corrected chi connectivity index (χ1v) is 8.28. The smallest absolute Gasteiger partial charge is 0.0431 e. The molecular formula is C17H41O3Ti-. The zero-order valence-electron chi connectivity index (χ0n) is 15.0. The molecular weight excluding hydrogens is 300 g/mol. The second-order valence-electron chi connectivity index (χ2n) is 4.29. The van der Waals surface area contributed by atoms with Crippen LogP contribution in [0.5, 0.6) is 0 Å². The molecule has 0 radical (unpaired) electrons. The van der Waals surface area contributed by atoms with Gasteiger partial charge in [0.15, 0.2) is 0 Å². The summed E-state index contributed by atoms with van der Waals surface area (Å²) in [7, 11) is 0. The summed E-state index contributed by atoms with van der Waals surface area (Å²) in [5.41, 5.74) is 0. The summed E-state index contributed by atoms with van der Waals surface area (Å²) < 4.78 is 0. The first-order valence-electron chi connectivity index (χ1n) is 8.28. The molecule has 0 aromatic rings. The maximum absolute atomic E-state index is 8.20. The topological polar surface area (TPSA) is 60.7 Å². The van der Waals surface area contributed by atoms with Gasteiger partial charge in [-0.2, -0.15) is 6.92 Å². The average molecular weight is 341 g/mol. The third kappa shape index (κ3) is 77.4. The molecule has 0 aromatic heterocycles. The molecule has 0 rings (SSSR count). The Hall–Kier alpha value is 0.594. The average Bonchev–Trinajstić information content (AvgIpc) is 2.52. The summed E-state index contributed by atoms with van der Waals surface area (Å²) in [5, 5.41) is 24.6. The van der Waals surface area contributed by atoms with Crippen LogP contribution in [0.3, 0.4) is 0 Å². The van der Waals surface area contributed by atoms with Gasteiger partial charge in [0.2, 0.25) is 0 Å². The van der Waals surface area contributed by atoms with Crippen molar-refractivity contribution in [2.45, 2.75) is 85.5 Å². The fraction of sp³-hybridized carbons (Fsp3) is 0.941. The van der Waals surface area contributed by atoms with E-state index in [0.717, 1.165) is 38.5 Å². The van der Waals surface area contributed by atoms with Gasteiger partial charge in [-0.15, -0.1) is 0 Å². The molecule has 0 unspecified atom stereocenters. The monoisotopic (exact) mass is 341 g/mol. The number of unbranched alkanes of at least 4 members (excludes halogenated alkanes) is 6. The van der Waals surface area contributed by atoms with Crippen molar-refractivity contribution in [1.29, 1.82) is 0 Å². The van der Waals surface area contributed by atoms with Crippen LogP contribution in [0.4, 0.5) is 0 Å². The molecule has 0 saturated carbocycles. The zero-order chi connectivity index (χ0) is 16.5. The number of aliphatic hydroxyl groups is 3. The quantitative estimate of drug-likeness (QED) is 0.332. The minimum absolute atomic E-state index is 0. The van der Waals surface area contributed by atoms with E-state index in [-0.39, 0.29) is 21.7 Å². The summed E-state index contributed by atoms with van der Waals surface area (Å²) in [4.78, 5) is 0. The van der Waals surface area contributed by atoms with E-state index in [1.807, 2.05) is 0 Å². The van der Waals surface area contributed by atoms with Gasteiger partial charge in [0.25, 0.3) is 0 Å². The Labute approximate surface area is 149 Å². The Morgan fingerprint density at radius 2 is 0.714 bits per heavy atom. The van der Waals surface area contributed by atoms with Crippen molar-refractivity contribution in [2.75, 3.05) is 19.8 Å². The van der Waals surface area contributed by atoms with Gasteiger partial charge >= 0.3 is 0 Å². The number of aliphatic hydroxyl groups excluding tert-OH is 3. The van der Waals surface area contributed by atoms with Crippen LogP contribution in [-0.4, -0.2) is 35.1 Å². The second-order valence-corrected chi connectivity index (χ2v) is 4.29. The van der Waals surface area contributed by atoms with E-state index in [2.05, 4.69) is 27.7 Å². The van der Waals surface area contributed by atoms with E-state index in [4.69, 9.17) is 15.3 Å². The Morgan fingerprint density at radius 1 is 0.524 bits per heavy atom. The van der Waals surface area contributed by atoms with E-state index in [1.54, 1.807) is 6.92 Å². The third-order valence-corrected chi connectivity index (χ3v) is 2.29. The Morgan fingerprint density at radius 3 is 0.762 bits per heavy atom. The normalized spacial score (nSPS) is 8.00. The molecule has 132 valence electrons. The molecule has 0 saturated heterocycles. The Kier molecular flexibility index (Phi) is 79.0. The minimum atomic E-state index is 0.